The largest absolute Gasteiger partial charge is 0.450 e. The summed E-state index contributed by atoms with van der Waals surface area (Å²) in [7, 11) is 0. The molecular weight excluding hydrogens is 232 g/mol. The van der Waals surface area contributed by atoms with Gasteiger partial charge in [0.2, 0.25) is 0 Å². The van der Waals surface area contributed by atoms with Crippen molar-refractivity contribution >= 4 is 11.5 Å². The minimum atomic E-state index is 0.383. The fourth-order valence-corrected chi connectivity index (χ4v) is 3.02. The highest BCUT2D eigenvalue weighted by Crippen LogP contribution is 2.37. The van der Waals surface area contributed by atoms with Gasteiger partial charge in [0.25, 0.3) is 0 Å². The van der Waals surface area contributed by atoms with Gasteiger partial charge >= 0.3 is 6.01 Å². The number of aromatic nitrogens is 2. The fraction of sp³-hybridized carbons (Fsp3) is 0.692. The van der Waals surface area contributed by atoms with Gasteiger partial charge in [-0.25, -0.2) is 0 Å². The number of ether oxygens (including phenoxy) is 1. The highest BCUT2D eigenvalue weighted by molar-refractivity contribution is 7.05. The maximum absolute atomic E-state index is 5.36. The predicted octanol–water partition coefficient (Wildman–Crippen LogP) is 3.23. The summed E-state index contributed by atoms with van der Waals surface area (Å²) in [6.45, 7) is 4.50. The van der Waals surface area contributed by atoms with Gasteiger partial charge in [-0.3, -0.25) is 0 Å². The first-order valence-corrected chi connectivity index (χ1v) is 6.93. The van der Waals surface area contributed by atoms with Crippen LogP contribution in [-0.4, -0.2) is 16.0 Å². The Hall–Kier alpha value is -1.08. The van der Waals surface area contributed by atoms with E-state index in [9.17, 15) is 0 Å². The van der Waals surface area contributed by atoms with Crippen LogP contribution in [0.2, 0.25) is 0 Å². The molecule has 2 atom stereocenters. The maximum atomic E-state index is 5.36. The van der Waals surface area contributed by atoms with E-state index in [1.54, 1.807) is 6.92 Å². The van der Waals surface area contributed by atoms with Crippen molar-refractivity contribution in [1.82, 2.24) is 9.36 Å². The van der Waals surface area contributed by atoms with E-state index >= 15 is 0 Å². The van der Waals surface area contributed by atoms with Gasteiger partial charge in [-0.15, -0.1) is 10.3 Å². The molecule has 0 radical (unpaired) electrons. The molecule has 0 spiro atoms. The number of rotatable bonds is 3. The first-order chi connectivity index (χ1) is 8.29. The molecule has 0 aromatic carbocycles. The van der Waals surface area contributed by atoms with Crippen LogP contribution in [0.25, 0.3) is 0 Å². The fourth-order valence-electron chi connectivity index (χ4n) is 2.28. The highest BCUT2D eigenvalue weighted by atomic mass is 32.1. The molecule has 1 aromatic rings. The molecule has 0 aliphatic heterocycles. The second kappa shape index (κ2) is 6.02. The molecule has 0 bridgehead atoms. The van der Waals surface area contributed by atoms with E-state index < -0.39 is 0 Å². The summed E-state index contributed by atoms with van der Waals surface area (Å²) in [5.74, 6) is 7.03. The van der Waals surface area contributed by atoms with Gasteiger partial charge in [0.15, 0.2) is 6.61 Å². The van der Waals surface area contributed by atoms with Gasteiger partial charge in [0, 0.05) is 5.92 Å². The summed E-state index contributed by atoms with van der Waals surface area (Å²) in [5, 5.41) is 1.14. The molecule has 3 nitrogen and oxygen atoms in total. The first-order valence-electron chi connectivity index (χ1n) is 6.15. The van der Waals surface area contributed by atoms with E-state index in [-0.39, 0.29) is 0 Å². The zero-order valence-electron chi connectivity index (χ0n) is 10.4. The Balaban J connectivity index is 1.94. The second-order valence-electron chi connectivity index (χ2n) is 4.60. The van der Waals surface area contributed by atoms with Crippen molar-refractivity contribution in [3.8, 4) is 17.9 Å². The molecule has 1 aliphatic carbocycles. The Morgan fingerprint density at radius 2 is 2.35 bits per heavy atom. The van der Waals surface area contributed by atoms with E-state index in [0.717, 1.165) is 10.9 Å². The molecule has 1 saturated carbocycles. The van der Waals surface area contributed by atoms with Gasteiger partial charge in [-0.1, -0.05) is 25.7 Å². The average molecular weight is 250 g/mol. The second-order valence-corrected chi connectivity index (χ2v) is 5.38. The van der Waals surface area contributed by atoms with Gasteiger partial charge < -0.3 is 4.74 Å². The molecule has 4 heteroatoms. The molecular formula is C13H18N2OS. The SMILES string of the molecule is CC#CCOc1nsc(C2CCCC(C)C2)n1. The minimum Gasteiger partial charge on any atom is -0.450 e. The summed E-state index contributed by atoms with van der Waals surface area (Å²) >= 11 is 1.48. The highest BCUT2D eigenvalue weighted by Gasteiger charge is 2.23. The summed E-state index contributed by atoms with van der Waals surface area (Å²) in [6, 6.07) is 0.492. The van der Waals surface area contributed by atoms with E-state index in [2.05, 4.69) is 28.1 Å². The van der Waals surface area contributed by atoms with Crippen molar-refractivity contribution in [3.63, 3.8) is 0 Å². The van der Waals surface area contributed by atoms with E-state index in [0.29, 0.717) is 18.5 Å². The van der Waals surface area contributed by atoms with Crippen LogP contribution in [0, 0.1) is 17.8 Å². The molecule has 2 unspecified atom stereocenters. The lowest BCUT2D eigenvalue weighted by atomic mass is 9.83. The molecule has 1 heterocycles. The molecule has 1 fully saturated rings. The third-order valence-electron chi connectivity index (χ3n) is 3.16. The summed E-state index contributed by atoms with van der Waals surface area (Å²) in [6.07, 6.45) is 5.14. The third-order valence-corrected chi connectivity index (χ3v) is 4.02. The maximum Gasteiger partial charge on any atom is 0.329 e. The smallest absolute Gasteiger partial charge is 0.329 e. The normalized spacial score (nSPS) is 23.9. The van der Waals surface area contributed by atoms with Crippen LogP contribution in [0.5, 0.6) is 6.01 Å². The van der Waals surface area contributed by atoms with E-state index in [4.69, 9.17) is 4.74 Å². The minimum absolute atomic E-state index is 0.383. The van der Waals surface area contributed by atoms with Gasteiger partial charge in [-0.05, 0) is 37.2 Å². The van der Waals surface area contributed by atoms with Crippen LogP contribution in [-0.2, 0) is 0 Å². The number of hydrogen-bond donors (Lipinski definition) is 0. The van der Waals surface area contributed by atoms with Crippen LogP contribution < -0.4 is 4.74 Å². The van der Waals surface area contributed by atoms with E-state index in [1.165, 1.54) is 37.2 Å². The third kappa shape index (κ3) is 3.44. The van der Waals surface area contributed by atoms with Crippen LogP contribution in [0.4, 0.5) is 0 Å². The topological polar surface area (TPSA) is 35.0 Å². The molecule has 0 saturated heterocycles. The van der Waals surface area contributed by atoms with Crippen LogP contribution in [0.3, 0.4) is 0 Å². The van der Waals surface area contributed by atoms with E-state index in [1.807, 2.05) is 0 Å². The van der Waals surface area contributed by atoms with Crippen molar-refractivity contribution in [2.24, 2.45) is 5.92 Å². The van der Waals surface area contributed by atoms with Crippen molar-refractivity contribution in [1.29, 1.82) is 0 Å². The monoisotopic (exact) mass is 250 g/mol. The Labute approximate surface area is 107 Å². The summed E-state index contributed by atoms with van der Waals surface area (Å²) in [5.41, 5.74) is 0. The van der Waals surface area contributed by atoms with Crippen molar-refractivity contribution in [3.05, 3.63) is 5.01 Å². The van der Waals surface area contributed by atoms with Gasteiger partial charge in [-0.2, -0.15) is 4.98 Å². The molecule has 1 aliphatic rings. The Morgan fingerprint density at radius 1 is 1.47 bits per heavy atom. The average Bonchev–Trinajstić information content (AvgIpc) is 2.78. The predicted molar refractivity (Wildman–Crippen MR) is 69.2 cm³/mol. The van der Waals surface area contributed by atoms with Gasteiger partial charge in [0.05, 0.1) is 0 Å². The molecule has 0 amide bonds. The number of hydrogen-bond acceptors (Lipinski definition) is 4. The number of nitrogens with zero attached hydrogens (tertiary/aromatic N) is 2. The molecule has 17 heavy (non-hydrogen) atoms. The molecule has 92 valence electrons. The zero-order chi connectivity index (χ0) is 12.1. The molecule has 1 aromatic heterocycles. The van der Waals surface area contributed by atoms with Crippen molar-refractivity contribution in [2.75, 3.05) is 6.61 Å². The summed E-state index contributed by atoms with van der Waals surface area (Å²) < 4.78 is 9.59. The lowest BCUT2D eigenvalue weighted by Gasteiger charge is -2.24. The standard InChI is InChI=1S/C13H18N2OS/c1-3-4-8-16-13-14-12(17-15-13)11-7-5-6-10(2)9-11/h10-11H,5-9H2,1-2H3. The Morgan fingerprint density at radius 3 is 3.12 bits per heavy atom. The van der Waals surface area contributed by atoms with Gasteiger partial charge in [0.1, 0.15) is 5.01 Å². The lowest BCUT2D eigenvalue weighted by Crippen LogP contribution is -2.11. The van der Waals surface area contributed by atoms with Crippen molar-refractivity contribution < 1.29 is 4.74 Å². The molecule has 0 N–H and O–H groups in total. The van der Waals surface area contributed by atoms with Crippen LogP contribution >= 0.6 is 11.5 Å². The van der Waals surface area contributed by atoms with Crippen LogP contribution in [0.1, 0.15) is 50.5 Å². The zero-order valence-corrected chi connectivity index (χ0v) is 11.2. The van der Waals surface area contributed by atoms with Crippen molar-refractivity contribution in [2.45, 2.75) is 45.4 Å². The molecule has 2 rings (SSSR count). The van der Waals surface area contributed by atoms with Crippen LogP contribution in [0.15, 0.2) is 0 Å². The summed E-state index contributed by atoms with van der Waals surface area (Å²) in [4.78, 5) is 4.46. The Bertz CT molecular complexity index is 419. The quantitative estimate of drug-likeness (QED) is 0.772. The Kier molecular flexibility index (Phi) is 4.38. The first kappa shape index (κ1) is 12.4. The lowest BCUT2D eigenvalue weighted by molar-refractivity contribution is 0.330.